The Kier molecular flexibility index (Phi) is 6.99. The van der Waals surface area contributed by atoms with Gasteiger partial charge < -0.3 is 10.2 Å². The second-order valence-corrected chi connectivity index (χ2v) is 5.62. The van der Waals surface area contributed by atoms with Crippen LogP contribution in [0.15, 0.2) is 0 Å². The summed E-state index contributed by atoms with van der Waals surface area (Å²) in [7, 11) is 2.11. The maximum Gasteiger partial charge on any atom is 0.137 e. The van der Waals surface area contributed by atoms with Gasteiger partial charge in [0.05, 0.1) is 0 Å². The maximum atomic E-state index is 4.68. The fraction of sp³-hybridized carbons (Fsp3) is 0.714. The monoisotopic (exact) mass is 282 g/mol. The fourth-order valence-corrected chi connectivity index (χ4v) is 2.29. The van der Waals surface area contributed by atoms with Gasteiger partial charge in [0.1, 0.15) is 17.5 Å². The van der Waals surface area contributed by atoms with Gasteiger partial charge in [0.2, 0.25) is 0 Å². The number of nitrogens with zero attached hydrogens (tertiary/aromatic N) is 3. The molecule has 0 amide bonds. The van der Waals surface area contributed by atoms with E-state index < -0.39 is 0 Å². The Balaban J connectivity index is 3.00. The molecule has 4 nitrogen and oxygen atoms in total. The third-order valence-electron chi connectivity index (χ3n) is 3.02. The van der Waals surface area contributed by atoms with Gasteiger partial charge in [0.25, 0.3) is 0 Å². The van der Waals surface area contributed by atoms with Gasteiger partial charge in [-0.2, -0.15) is 11.8 Å². The molecule has 1 heterocycles. The average Bonchev–Trinajstić information content (AvgIpc) is 2.43. The SMILES string of the molecule is CCCNc1nc(CC)nc(N(C)CCSC)c1C. The van der Waals surface area contributed by atoms with Gasteiger partial charge in [-0.25, -0.2) is 9.97 Å². The number of nitrogens with one attached hydrogen (secondary N) is 1. The van der Waals surface area contributed by atoms with E-state index in [0.29, 0.717) is 0 Å². The molecule has 1 rings (SSSR count). The van der Waals surface area contributed by atoms with Crippen molar-refractivity contribution in [2.75, 3.05) is 42.4 Å². The van der Waals surface area contributed by atoms with Crippen molar-refractivity contribution >= 4 is 23.4 Å². The molecule has 0 atom stereocenters. The number of anilines is 2. The summed E-state index contributed by atoms with van der Waals surface area (Å²) in [6.45, 7) is 8.32. The van der Waals surface area contributed by atoms with Crippen molar-refractivity contribution in [3.05, 3.63) is 11.4 Å². The zero-order chi connectivity index (χ0) is 14.3. The number of rotatable bonds is 8. The fourth-order valence-electron chi connectivity index (χ4n) is 1.83. The van der Waals surface area contributed by atoms with Crippen LogP contribution in [0, 0.1) is 6.92 Å². The summed E-state index contributed by atoms with van der Waals surface area (Å²) in [4.78, 5) is 11.5. The van der Waals surface area contributed by atoms with E-state index in [4.69, 9.17) is 0 Å². The highest BCUT2D eigenvalue weighted by Gasteiger charge is 2.13. The van der Waals surface area contributed by atoms with E-state index in [0.717, 1.165) is 54.7 Å². The minimum Gasteiger partial charge on any atom is -0.370 e. The average molecular weight is 282 g/mol. The second kappa shape index (κ2) is 8.25. The van der Waals surface area contributed by atoms with E-state index in [1.54, 1.807) is 0 Å². The Morgan fingerprint density at radius 1 is 1.26 bits per heavy atom. The van der Waals surface area contributed by atoms with Crippen LogP contribution in [0.4, 0.5) is 11.6 Å². The smallest absolute Gasteiger partial charge is 0.137 e. The molecule has 1 aromatic rings. The predicted octanol–water partition coefficient (Wildman–Crippen LogP) is 2.97. The highest BCUT2D eigenvalue weighted by Crippen LogP contribution is 2.23. The van der Waals surface area contributed by atoms with Crippen molar-refractivity contribution in [1.82, 2.24) is 9.97 Å². The topological polar surface area (TPSA) is 41.1 Å². The molecule has 1 aromatic heterocycles. The van der Waals surface area contributed by atoms with Gasteiger partial charge in [0, 0.05) is 37.9 Å². The summed E-state index contributed by atoms with van der Waals surface area (Å²) in [6.07, 6.45) is 4.10. The molecule has 19 heavy (non-hydrogen) atoms. The predicted molar refractivity (Wildman–Crippen MR) is 86.6 cm³/mol. The molecule has 0 aromatic carbocycles. The summed E-state index contributed by atoms with van der Waals surface area (Å²) in [5.74, 6) is 4.06. The first kappa shape index (κ1) is 16.1. The van der Waals surface area contributed by atoms with Crippen LogP contribution in [0.25, 0.3) is 0 Å². The number of aryl methyl sites for hydroxylation is 1. The molecular weight excluding hydrogens is 256 g/mol. The highest BCUT2D eigenvalue weighted by atomic mass is 32.2. The summed E-state index contributed by atoms with van der Waals surface area (Å²) in [5.41, 5.74) is 1.15. The van der Waals surface area contributed by atoms with Crippen molar-refractivity contribution in [3.8, 4) is 0 Å². The largest absolute Gasteiger partial charge is 0.370 e. The quantitative estimate of drug-likeness (QED) is 0.794. The van der Waals surface area contributed by atoms with Crippen LogP contribution in [-0.4, -0.2) is 42.1 Å². The first-order valence-corrected chi connectivity index (χ1v) is 8.34. The third-order valence-corrected chi connectivity index (χ3v) is 3.61. The van der Waals surface area contributed by atoms with Crippen molar-refractivity contribution in [1.29, 1.82) is 0 Å². The molecule has 5 heteroatoms. The Labute approximate surface area is 121 Å². The molecule has 0 aliphatic carbocycles. The molecule has 0 fully saturated rings. The molecule has 0 saturated carbocycles. The van der Waals surface area contributed by atoms with Crippen LogP contribution in [-0.2, 0) is 6.42 Å². The van der Waals surface area contributed by atoms with Gasteiger partial charge >= 0.3 is 0 Å². The van der Waals surface area contributed by atoms with Crippen LogP contribution in [0.1, 0.15) is 31.7 Å². The van der Waals surface area contributed by atoms with Gasteiger partial charge in [-0.15, -0.1) is 0 Å². The number of thioether (sulfide) groups is 1. The zero-order valence-electron chi connectivity index (χ0n) is 12.8. The summed E-state index contributed by atoms with van der Waals surface area (Å²) >= 11 is 1.86. The highest BCUT2D eigenvalue weighted by molar-refractivity contribution is 7.98. The molecule has 1 N–H and O–H groups in total. The lowest BCUT2D eigenvalue weighted by Crippen LogP contribution is -2.24. The van der Waals surface area contributed by atoms with Crippen LogP contribution >= 0.6 is 11.8 Å². The second-order valence-electron chi connectivity index (χ2n) is 4.63. The van der Waals surface area contributed by atoms with E-state index in [2.05, 4.69) is 54.3 Å². The summed E-state index contributed by atoms with van der Waals surface area (Å²) in [5, 5.41) is 3.41. The number of hydrogen-bond donors (Lipinski definition) is 1. The normalized spacial score (nSPS) is 10.6. The van der Waals surface area contributed by atoms with Gasteiger partial charge in [0.15, 0.2) is 0 Å². The van der Waals surface area contributed by atoms with Crippen LogP contribution in [0.2, 0.25) is 0 Å². The molecule has 0 bridgehead atoms. The first-order chi connectivity index (χ1) is 9.13. The lowest BCUT2D eigenvalue weighted by atomic mass is 10.2. The van der Waals surface area contributed by atoms with Gasteiger partial charge in [-0.3, -0.25) is 0 Å². The van der Waals surface area contributed by atoms with E-state index in [1.807, 2.05) is 11.8 Å². The lowest BCUT2D eigenvalue weighted by Gasteiger charge is -2.22. The van der Waals surface area contributed by atoms with Crippen LogP contribution in [0.3, 0.4) is 0 Å². The van der Waals surface area contributed by atoms with Crippen LogP contribution in [0.5, 0.6) is 0 Å². The minimum absolute atomic E-state index is 0.866. The standard InChI is InChI=1S/C14H26N4S/c1-6-8-15-13-11(3)14(17-12(7-2)16-13)18(4)9-10-19-5/h6-10H2,1-5H3,(H,15,16,17). The molecule has 0 saturated heterocycles. The van der Waals surface area contributed by atoms with E-state index in [-0.39, 0.29) is 0 Å². The van der Waals surface area contributed by atoms with E-state index in [1.165, 1.54) is 0 Å². The molecule has 0 radical (unpaired) electrons. The Bertz CT molecular complexity index is 395. The zero-order valence-corrected chi connectivity index (χ0v) is 13.6. The van der Waals surface area contributed by atoms with Crippen molar-refractivity contribution in [3.63, 3.8) is 0 Å². The Morgan fingerprint density at radius 3 is 2.58 bits per heavy atom. The molecule has 0 spiro atoms. The van der Waals surface area contributed by atoms with Gasteiger partial charge in [-0.1, -0.05) is 13.8 Å². The number of aromatic nitrogens is 2. The Hall–Kier alpha value is -0.970. The van der Waals surface area contributed by atoms with Crippen molar-refractivity contribution in [2.45, 2.75) is 33.6 Å². The molecule has 0 unspecified atom stereocenters. The van der Waals surface area contributed by atoms with Crippen molar-refractivity contribution in [2.24, 2.45) is 0 Å². The molecule has 0 aliphatic rings. The third kappa shape index (κ3) is 4.56. The number of hydrogen-bond acceptors (Lipinski definition) is 5. The summed E-state index contributed by atoms with van der Waals surface area (Å²) < 4.78 is 0. The lowest BCUT2D eigenvalue weighted by molar-refractivity contribution is 0.866. The maximum absolute atomic E-state index is 4.68. The molecule has 0 aliphatic heterocycles. The minimum atomic E-state index is 0.866. The Morgan fingerprint density at radius 2 is 2.00 bits per heavy atom. The summed E-state index contributed by atoms with van der Waals surface area (Å²) in [6, 6.07) is 0. The first-order valence-electron chi connectivity index (χ1n) is 6.95. The van der Waals surface area contributed by atoms with Gasteiger partial charge in [-0.05, 0) is 19.6 Å². The molecular formula is C14H26N4S. The van der Waals surface area contributed by atoms with E-state index >= 15 is 0 Å². The molecule has 108 valence electrons. The van der Waals surface area contributed by atoms with Crippen molar-refractivity contribution < 1.29 is 0 Å². The van der Waals surface area contributed by atoms with Crippen LogP contribution < -0.4 is 10.2 Å². The van der Waals surface area contributed by atoms with E-state index in [9.17, 15) is 0 Å².